The summed E-state index contributed by atoms with van der Waals surface area (Å²) in [6.45, 7) is 4.47. The average Bonchev–Trinajstić information content (AvgIpc) is 3.08. The number of halogens is 1. The Balaban J connectivity index is 1.90. The first kappa shape index (κ1) is 18.8. The van der Waals surface area contributed by atoms with Crippen LogP contribution < -0.4 is 5.32 Å². The number of carbonyl (C=O) groups excluding carboxylic acids is 1. The van der Waals surface area contributed by atoms with E-state index in [0.717, 1.165) is 5.56 Å². The Kier molecular flexibility index (Phi) is 6.38. The summed E-state index contributed by atoms with van der Waals surface area (Å²) >= 11 is 1.27. The quantitative estimate of drug-likeness (QED) is 0.478. The Morgan fingerprint density at radius 1 is 1.15 bits per heavy atom. The second-order valence-electron chi connectivity index (χ2n) is 5.74. The van der Waals surface area contributed by atoms with E-state index in [9.17, 15) is 9.18 Å². The number of rotatable bonds is 8. The van der Waals surface area contributed by atoms with Crippen LogP contribution in [0.15, 0.2) is 72.4 Å². The first-order valence-corrected chi connectivity index (χ1v) is 9.40. The van der Waals surface area contributed by atoms with E-state index in [4.69, 9.17) is 0 Å². The van der Waals surface area contributed by atoms with Crippen molar-refractivity contribution in [2.45, 2.75) is 11.7 Å². The van der Waals surface area contributed by atoms with Crippen LogP contribution in [0.3, 0.4) is 0 Å². The minimum absolute atomic E-state index is 0.124. The first-order chi connectivity index (χ1) is 13.2. The molecular weight excluding hydrogens is 363 g/mol. The van der Waals surface area contributed by atoms with Crippen molar-refractivity contribution >= 4 is 17.7 Å². The predicted octanol–water partition coefficient (Wildman–Crippen LogP) is 3.53. The summed E-state index contributed by atoms with van der Waals surface area (Å²) in [5, 5.41) is 11.7. The van der Waals surface area contributed by atoms with Crippen LogP contribution in [0.4, 0.5) is 4.39 Å². The van der Waals surface area contributed by atoms with Crippen LogP contribution in [-0.2, 0) is 11.3 Å². The number of nitrogens with zero attached hydrogens (tertiary/aromatic N) is 3. The molecule has 0 saturated heterocycles. The molecule has 5 nitrogen and oxygen atoms in total. The summed E-state index contributed by atoms with van der Waals surface area (Å²) < 4.78 is 16.1. The zero-order valence-corrected chi connectivity index (χ0v) is 15.5. The highest BCUT2D eigenvalue weighted by molar-refractivity contribution is 7.99. The molecule has 0 fully saturated rings. The van der Waals surface area contributed by atoms with Gasteiger partial charge in [-0.05, 0) is 17.7 Å². The van der Waals surface area contributed by atoms with Crippen molar-refractivity contribution in [3.63, 3.8) is 0 Å². The van der Waals surface area contributed by atoms with Crippen molar-refractivity contribution in [2.24, 2.45) is 0 Å². The van der Waals surface area contributed by atoms with Gasteiger partial charge >= 0.3 is 0 Å². The third-order valence-corrected chi connectivity index (χ3v) is 4.76. The maximum absolute atomic E-state index is 14.3. The molecule has 1 aromatic heterocycles. The van der Waals surface area contributed by atoms with Gasteiger partial charge in [0.2, 0.25) is 5.91 Å². The van der Waals surface area contributed by atoms with E-state index in [1.807, 2.05) is 34.9 Å². The van der Waals surface area contributed by atoms with Crippen molar-refractivity contribution in [3.05, 3.63) is 78.6 Å². The fourth-order valence-electron chi connectivity index (χ4n) is 2.51. The van der Waals surface area contributed by atoms with Gasteiger partial charge in [-0.25, -0.2) is 4.39 Å². The molecular formula is C20H19FN4OS. The maximum Gasteiger partial charge on any atom is 0.230 e. The third-order valence-electron chi connectivity index (χ3n) is 3.79. The monoisotopic (exact) mass is 382 g/mol. The zero-order valence-electron chi connectivity index (χ0n) is 14.6. The summed E-state index contributed by atoms with van der Waals surface area (Å²) in [7, 11) is 0. The topological polar surface area (TPSA) is 59.8 Å². The molecule has 138 valence electrons. The van der Waals surface area contributed by atoms with Gasteiger partial charge < -0.3 is 5.32 Å². The number of hydrogen-bond acceptors (Lipinski definition) is 4. The smallest absolute Gasteiger partial charge is 0.230 e. The molecule has 1 N–H and O–H groups in total. The summed E-state index contributed by atoms with van der Waals surface area (Å²) in [5.74, 6) is 0.143. The second kappa shape index (κ2) is 9.14. The summed E-state index contributed by atoms with van der Waals surface area (Å²) in [6.07, 6.45) is 1.62. The molecule has 3 rings (SSSR count). The highest BCUT2D eigenvalue weighted by Crippen LogP contribution is 2.26. The van der Waals surface area contributed by atoms with E-state index in [0.29, 0.717) is 29.6 Å². The fourth-order valence-corrected chi connectivity index (χ4v) is 3.28. The highest BCUT2D eigenvalue weighted by atomic mass is 32.2. The van der Waals surface area contributed by atoms with Crippen molar-refractivity contribution in [2.75, 3.05) is 12.3 Å². The number of carbonyl (C=O) groups is 1. The van der Waals surface area contributed by atoms with Gasteiger partial charge in [0.05, 0.1) is 17.9 Å². The Bertz CT molecular complexity index is 927. The molecule has 1 heterocycles. The van der Waals surface area contributed by atoms with Gasteiger partial charge in [0.1, 0.15) is 5.82 Å². The number of thioether (sulfide) groups is 1. The van der Waals surface area contributed by atoms with E-state index < -0.39 is 0 Å². The molecule has 27 heavy (non-hydrogen) atoms. The van der Waals surface area contributed by atoms with Gasteiger partial charge in [0.15, 0.2) is 11.0 Å². The first-order valence-electron chi connectivity index (χ1n) is 8.41. The molecule has 0 atom stereocenters. The van der Waals surface area contributed by atoms with Crippen LogP contribution in [-0.4, -0.2) is 33.0 Å². The van der Waals surface area contributed by atoms with Gasteiger partial charge in [-0.1, -0.05) is 60.3 Å². The predicted molar refractivity (Wildman–Crippen MR) is 105 cm³/mol. The van der Waals surface area contributed by atoms with Crippen LogP contribution in [0.2, 0.25) is 0 Å². The van der Waals surface area contributed by atoms with Crippen molar-refractivity contribution < 1.29 is 9.18 Å². The molecule has 0 aliphatic rings. The van der Waals surface area contributed by atoms with Crippen LogP contribution in [0.5, 0.6) is 0 Å². The minimum Gasteiger partial charge on any atom is -0.352 e. The van der Waals surface area contributed by atoms with Gasteiger partial charge in [0, 0.05) is 6.54 Å². The molecule has 1 amide bonds. The van der Waals surface area contributed by atoms with E-state index in [1.165, 1.54) is 17.8 Å². The number of benzene rings is 2. The van der Waals surface area contributed by atoms with Crippen LogP contribution >= 0.6 is 11.8 Å². The number of amides is 1. The Morgan fingerprint density at radius 3 is 2.63 bits per heavy atom. The van der Waals surface area contributed by atoms with E-state index in [2.05, 4.69) is 22.1 Å². The minimum atomic E-state index is -0.362. The third kappa shape index (κ3) is 4.83. The average molecular weight is 382 g/mol. The fraction of sp³-hybridized carbons (Fsp3) is 0.150. The molecule has 7 heteroatoms. The van der Waals surface area contributed by atoms with Crippen molar-refractivity contribution in [1.82, 2.24) is 20.1 Å². The molecule has 0 spiro atoms. The molecule has 0 radical (unpaired) electrons. The van der Waals surface area contributed by atoms with Gasteiger partial charge in [-0.3, -0.25) is 9.36 Å². The van der Waals surface area contributed by atoms with Gasteiger partial charge in [-0.15, -0.1) is 16.8 Å². The Hall–Kier alpha value is -2.93. The highest BCUT2D eigenvalue weighted by Gasteiger charge is 2.18. The summed E-state index contributed by atoms with van der Waals surface area (Å²) in [4.78, 5) is 11.9. The SMILES string of the molecule is C=CCNC(=O)CSc1nnc(-c2ccccc2F)n1Cc1ccccc1. The number of hydrogen-bond donors (Lipinski definition) is 1. The Morgan fingerprint density at radius 2 is 1.89 bits per heavy atom. The molecule has 0 unspecified atom stereocenters. The standard InChI is InChI=1S/C20H19FN4OS/c1-2-12-22-18(26)14-27-20-24-23-19(16-10-6-7-11-17(16)21)25(20)13-15-8-4-3-5-9-15/h2-11H,1,12-14H2,(H,22,26). The molecule has 0 saturated carbocycles. The van der Waals surface area contributed by atoms with Gasteiger partial charge in [0.25, 0.3) is 0 Å². The maximum atomic E-state index is 14.3. The Labute approximate surface area is 161 Å². The van der Waals surface area contributed by atoms with E-state index in [-0.39, 0.29) is 17.5 Å². The summed E-state index contributed by atoms with van der Waals surface area (Å²) in [6, 6.07) is 16.3. The van der Waals surface area contributed by atoms with Gasteiger partial charge in [-0.2, -0.15) is 0 Å². The van der Waals surface area contributed by atoms with Crippen molar-refractivity contribution in [1.29, 1.82) is 0 Å². The normalized spacial score (nSPS) is 10.6. The van der Waals surface area contributed by atoms with Crippen LogP contribution in [0.25, 0.3) is 11.4 Å². The lowest BCUT2D eigenvalue weighted by Crippen LogP contribution is -2.25. The number of nitrogens with one attached hydrogen (secondary N) is 1. The molecule has 0 aliphatic carbocycles. The largest absolute Gasteiger partial charge is 0.352 e. The number of aromatic nitrogens is 3. The molecule has 0 aliphatic heterocycles. The van der Waals surface area contributed by atoms with Crippen molar-refractivity contribution in [3.8, 4) is 11.4 Å². The lowest BCUT2D eigenvalue weighted by molar-refractivity contribution is -0.118. The lowest BCUT2D eigenvalue weighted by atomic mass is 10.2. The molecule has 0 bridgehead atoms. The zero-order chi connectivity index (χ0) is 19.1. The summed E-state index contributed by atoms with van der Waals surface area (Å²) in [5.41, 5.74) is 1.41. The van der Waals surface area contributed by atoms with Crippen LogP contribution in [0.1, 0.15) is 5.56 Å². The molecule has 3 aromatic rings. The second-order valence-corrected chi connectivity index (χ2v) is 6.68. The molecule has 2 aromatic carbocycles. The lowest BCUT2D eigenvalue weighted by Gasteiger charge is -2.11. The van der Waals surface area contributed by atoms with E-state index in [1.54, 1.807) is 24.3 Å². The van der Waals surface area contributed by atoms with Crippen LogP contribution in [0, 0.1) is 5.82 Å². The van der Waals surface area contributed by atoms with E-state index >= 15 is 0 Å².